The van der Waals surface area contributed by atoms with Crippen LogP contribution in [0.1, 0.15) is 55.6 Å². The predicted octanol–water partition coefficient (Wildman–Crippen LogP) is 4.78. The van der Waals surface area contributed by atoms with Crippen molar-refractivity contribution < 1.29 is 23.8 Å². The van der Waals surface area contributed by atoms with Gasteiger partial charge in [-0.3, -0.25) is 9.59 Å². The van der Waals surface area contributed by atoms with Gasteiger partial charge in [-0.2, -0.15) is 0 Å². The first kappa shape index (κ1) is 26.1. The number of rotatable bonds is 4. The normalized spacial score (nSPS) is 22.5. The summed E-state index contributed by atoms with van der Waals surface area (Å²) in [6.45, 7) is 5.85. The number of fused-ring (bicyclic) bond motifs is 1. The minimum atomic E-state index is -0.674. The molecule has 7 heteroatoms. The molecule has 35 heavy (non-hydrogen) atoms. The highest BCUT2D eigenvalue weighted by atomic mass is 16.5. The van der Waals surface area contributed by atoms with Crippen LogP contribution in [-0.2, 0) is 4.79 Å². The van der Waals surface area contributed by atoms with Gasteiger partial charge in [0.25, 0.3) is 5.91 Å². The quantitative estimate of drug-likeness (QED) is 0.638. The fourth-order valence-electron chi connectivity index (χ4n) is 4.40. The second-order valence-electron chi connectivity index (χ2n) is 9.14. The molecule has 0 aliphatic carbocycles. The van der Waals surface area contributed by atoms with Gasteiger partial charge in [0, 0.05) is 25.1 Å². The largest absolute Gasteiger partial charge is 0.497 e. The Morgan fingerprint density at radius 3 is 2.43 bits per heavy atom. The molecule has 2 aromatic rings. The molecule has 0 unspecified atom stereocenters. The van der Waals surface area contributed by atoms with Crippen LogP contribution in [0.3, 0.4) is 0 Å². The second-order valence-corrected chi connectivity index (χ2v) is 9.14. The van der Waals surface area contributed by atoms with Gasteiger partial charge in [0.05, 0.1) is 31.9 Å². The molecule has 0 aromatic heterocycles. The Kier molecular flexibility index (Phi) is 8.79. The molecule has 1 aliphatic rings. The summed E-state index contributed by atoms with van der Waals surface area (Å²) in [5.41, 5.74) is 1.28. The summed E-state index contributed by atoms with van der Waals surface area (Å²) in [7, 11) is 4.86. The third-order valence-corrected chi connectivity index (χ3v) is 6.22. The van der Waals surface area contributed by atoms with Crippen molar-refractivity contribution in [1.29, 1.82) is 0 Å². The smallest absolute Gasteiger partial charge is 0.258 e. The Labute approximate surface area is 208 Å². The van der Waals surface area contributed by atoms with Crippen molar-refractivity contribution in [3.8, 4) is 17.2 Å². The first-order valence-electron chi connectivity index (χ1n) is 12.0. The molecule has 0 radical (unpaired) electrons. The minimum absolute atomic E-state index is 0.113. The molecular weight excluding hydrogens is 444 g/mol. The van der Waals surface area contributed by atoms with Crippen molar-refractivity contribution in [2.24, 2.45) is 5.92 Å². The standard InChI is InChI=1S/C28H36N2O5/c1-18(2)26-27(31)29-23(21-16-15-20(33-5)17-25(21)34-6)13-9-7-11-19(3)35-24-14-10-8-12-22(24)28(32)30(26)4/h7-10,12,14-19,23,26H,11,13H2,1-6H3,(H,29,31)/b9-7+/t19-,23+,26+/m0/s1. The molecule has 0 spiro atoms. The maximum atomic E-state index is 13.6. The molecule has 188 valence electrons. The lowest BCUT2D eigenvalue weighted by Crippen LogP contribution is -2.51. The Hall–Kier alpha value is -3.48. The van der Waals surface area contributed by atoms with E-state index >= 15 is 0 Å². The topological polar surface area (TPSA) is 77.1 Å². The number of likely N-dealkylation sites (N-methyl/N-ethyl adjacent to an activating group) is 1. The number of nitrogens with one attached hydrogen (secondary N) is 1. The molecule has 2 amide bonds. The van der Waals surface area contributed by atoms with Crippen molar-refractivity contribution >= 4 is 11.8 Å². The van der Waals surface area contributed by atoms with Crippen molar-refractivity contribution in [3.05, 3.63) is 65.7 Å². The summed E-state index contributed by atoms with van der Waals surface area (Å²) in [4.78, 5) is 28.7. The Morgan fingerprint density at radius 2 is 1.74 bits per heavy atom. The molecular formula is C28H36N2O5. The van der Waals surface area contributed by atoms with Gasteiger partial charge >= 0.3 is 0 Å². The number of benzene rings is 2. The summed E-state index contributed by atoms with van der Waals surface area (Å²) in [6.07, 6.45) is 5.18. The van der Waals surface area contributed by atoms with E-state index in [4.69, 9.17) is 14.2 Å². The number of carbonyl (C=O) groups excluding carboxylic acids is 2. The monoisotopic (exact) mass is 480 g/mol. The maximum Gasteiger partial charge on any atom is 0.258 e. The Balaban J connectivity index is 2.04. The molecule has 3 atom stereocenters. The van der Waals surface area contributed by atoms with E-state index < -0.39 is 6.04 Å². The highest BCUT2D eigenvalue weighted by molar-refractivity contribution is 5.99. The zero-order valence-corrected chi connectivity index (χ0v) is 21.4. The van der Waals surface area contributed by atoms with Crippen molar-refractivity contribution in [2.45, 2.75) is 51.8 Å². The number of methoxy groups -OCH3 is 2. The van der Waals surface area contributed by atoms with E-state index in [1.807, 2.05) is 51.1 Å². The van der Waals surface area contributed by atoms with Gasteiger partial charge in [-0.25, -0.2) is 0 Å². The molecule has 1 N–H and O–H groups in total. The third-order valence-electron chi connectivity index (χ3n) is 6.22. The van der Waals surface area contributed by atoms with E-state index in [0.29, 0.717) is 35.7 Å². The van der Waals surface area contributed by atoms with Gasteiger partial charge in [-0.05, 0) is 43.5 Å². The highest BCUT2D eigenvalue weighted by Crippen LogP contribution is 2.32. The Bertz CT molecular complexity index is 1070. The molecule has 0 saturated carbocycles. The average molecular weight is 481 g/mol. The van der Waals surface area contributed by atoms with Crippen LogP contribution in [0.2, 0.25) is 0 Å². The predicted molar refractivity (Wildman–Crippen MR) is 136 cm³/mol. The average Bonchev–Trinajstić information content (AvgIpc) is 2.84. The van der Waals surface area contributed by atoms with E-state index in [1.165, 1.54) is 4.90 Å². The number of hydrogen-bond acceptors (Lipinski definition) is 5. The van der Waals surface area contributed by atoms with Gasteiger partial charge < -0.3 is 24.4 Å². The lowest BCUT2D eigenvalue weighted by Gasteiger charge is -2.32. The van der Waals surface area contributed by atoms with E-state index in [2.05, 4.69) is 5.32 Å². The van der Waals surface area contributed by atoms with Gasteiger partial charge in [-0.15, -0.1) is 0 Å². The molecule has 0 fully saturated rings. The summed E-state index contributed by atoms with van der Waals surface area (Å²) in [6, 6.07) is 11.7. The highest BCUT2D eigenvalue weighted by Gasteiger charge is 2.33. The maximum absolute atomic E-state index is 13.6. The first-order chi connectivity index (χ1) is 16.8. The van der Waals surface area contributed by atoms with Crippen molar-refractivity contribution in [3.63, 3.8) is 0 Å². The van der Waals surface area contributed by atoms with Crippen LogP contribution in [-0.4, -0.2) is 50.1 Å². The van der Waals surface area contributed by atoms with Crippen LogP contribution in [0.25, 0.3) is 0 Å². The van der Waals surface area contributed by atoms with Crippen LogP contribution in [0.4, 0.5) is 0 Å². The summed E-state index contributed by atoms with van der Waals surface area (Å²) in [5, 5.41) is 3.18. The fourth-order valence-corrected chi connectivity index (χ4v) is 4.40. The molecule has 7 nitrogen and oxygen atoms in total. The van der Waals surface area contributed by atoms with Gasteiger partial charge in [0.1, 0.15) is 23.3 Å². The number of carbonyl (C=O) groups is 2. The van der Waals surface area contributed by atoms with E-state index in [1.54, 1.807) is 45.5 Å². The third kappa shape index (κ3) is 6.15. The lowest BCUT2D eigenvalue weighted by molar-refractivity contribution is -0.127. The van der Waals surface area contributed by atoms with E-state index in [0.717, 1.165) is 5.56 Å². The second kappa shape index (κ2) is 11.8. The number of amides is 2. The molecule has 2 aromatic carbocycles. The van der Waals surface area contributed by atoms with E-state index in [-0.39, 0.29) is 29.9 Å². The van der Waals surface area contributed by atoms with Crippen LogP contribution in [0.15, 0.2) is 54.6 Å². The lowest BCUT2D eigenvalue weighted by atomic mass is 9.97. The van der Waals surface area contributed by atoms with Gasteiger partial charge in [0.15, 0.2) is 0 Å². The van der Waals surface area contributed by atoms with Gasteiger partial charge in [-0.1, -0.05) is 38.1 Å². The van der Waals surface area contributed by atoms with Crippen LogP contribution in [0.5, 0.6) is 17.2 Å². The number of para-hydroxylation sites is 1. The van der Waals surface area contributed by atoms with Crippen LogP contribution >= 0.6 is 0 Å². The summed E-state index contributed by atoms with van der Waals surface area (Å²) < 4.78 is 17.1. The molecule has 0 bridgehead atoms. The van der Waals surface area contributed by atoms with Gasteiger partial charge in [0.2, 0.25) is 5.91 Å². The van der Waals surface area contributed by atoms with Crippen LogP contribution in [0, 0.1) is 5.92 Å². The molecule has 3 rings (SSSR count). The summed E-state index contributed by atoms with van der Waals surface area (Å²) >= 11 is 0. The van der Waals surface area contributed by atoms with Crippen molar-refractivity contribution in [1.82, 2.24) is 10.2 Å². The molecule has 1 aliphatic heterocycles. The SMILES string of the molecule is COc1ccc([C@H]2C/C=C/C[C@H](C)Oc3ccccc3C(=O)N(C)[C@H](C(C)C)C(=O)N2)c(OC)c1. The number of hydrogen-bond donors (Lipinski definition) is 1. The molecule has 0 saturated heterocycles. The number of nitrogens with zero attached hydrogens (tertiary/aromatic N) is 1. The summed E-state index contributed by atoms with van der Waals surface area (Å²) in [5.74, 6) is 1.22. The van der Waals surface area contributed by atoms with Crippen molar-refractivity contribution in [2.75, 3.05) is 21.3 Å². The molecule has 1 heterocycles. The zero-order chi connectivity index (χ0) is 25.5. The Morgan fingerprint density at radius 1 is 1.03 bits per heavy atom. The number of ether oxygens (including phenoxy) is 3. The van der Waals surface area contributed by atoms with Crippen LogP contribution < -0.4 is 19.5 Å². The fraction of sp³-hybridized carbons (Fsp3) is 0.429. The zero-order valence-electron chi connectivity index (χ0n) is 21.4. The first-order valence-corrected chi connectivity index (χ1v) is 12.0. The van der Waals surface area contributed by atoms with E-state index in [9.17, 15) is 9.59 Å². The minimum Gasteiger partial charge on any atom is -0.497 e.